The number of halogens is 5. The lowest BCUT2D eigenvalue weighted by molar-refractivity contribution is -0.254. The van der Waals surface area contributed by atoms with Gasteiger partial charge in [0.05, 0.1) is 11.1 Å². The fourth-order valence-electron chi connectivity index (χ4n) is 3.60. The third-order valence-electron chi connectivity index (χ3n) is 5.35. The smallest absolute Gasteiger partial charge is 0.373 e. The number of aliphatic hydroxyl groups is 1. The molecule has 1 unspecified atom stereocenters. The first-order chi connectivity index (χ1) is 15.2. The number of carbonyl (C=O) groups is 1. The summed E-state index contributed by atoms with van der Waals surface area (Å²) < 4.78 is 46.7. The molecule has 1 amide bonds. The summed E-state index contributed by atoms with van der Waals surface area (Å²) in [6.07, 6.45) is -6.35. The Balaban J connectivity index is 1.99. The number of nitrogens with zero attached hydrogens (tertiary/aromatic N) is 1. The molecule has 11 heteroatoms. The number of anilines is 1. The number of carbonyl (C=O) groups excluding carboxylic acids is 1. The topological polar surface area (TPSA) is 92.4 Å². The van der Waals surface area contributed by atoms with Crippen LogP contribution < -0.4 is 10.9 Å². The lowest BCUT2D eigenvalue weighted by Gasteiger charge is -2.37. The summed E-state index contributed by atoms with van der Waals surface area (Å²) in [6.45, 7) is 4.36. The first-order valence-corrected chi connectivity index (χ1v) is 10.4. The molecule has 33 heavy (non-hydrogen) atoms. The molecular weight excluding hydrogens is 484 g/mol. The van der Waals surface area contributed by atoms with Crippen LogP contribution in [0.1, 0.15) is 31.5 Å². The van der Waals surface area contributed by atoms with Crippen LogP contribution in [-0.4, -0.2) is 27.9 Å². The summed E-state index contributed by atoms with van der Waals surface area (Å²) in [6, 6.07) is 8.09. The minimum atomic E-state index is -5.31. The molecule has 0 bridgehead atoms. The zero-order chi connectivity index (χ0) is 24.8. The van der Waals surface area contributed by atoms with Crippen LogP contribution in [0.2, 0.25) is 10.0 Å². The van der Waals surface area contributed by atoms with Gasteiger partial charge < -0.3 is 14.9 Å². The second kappa shape index (κ2) is 8.62. The molecule has 1 atom stereocenters. The Kier molecular flexibility index (Phi) is 6.54. The molecule has 1 heterocycles. The molecule has 0 aliphatic carbocycles. The van der Waals surface area contributed by atoms with E-state index in [-0.39, 0.29) is 32.1 Å². The molecule has 3 rings (SSSR count). The summed E-state index contributed by atoms with van der Waals surface area (Å²) in [4.78, 5) is 24.6. The van der Waals surface area contributed by atoms with Crippen molar-refractivity contribution in [1.29, 1.82) is 0 Å². The van der Waals surface area contributed by atoms with Crippen molar-refractivity contribution in [2.45, 2.75) is 44.4 Å². The number of rotatable bonds is 5. The molecule has 0 saturated carbocycles. The fraction of sp³-hybridized carbons (Fsp3) is 0.318. The zero-order valence-electron chi connectivity index (χ0n) is 17.7. The molecule has 1 aromatic heterocycles. The van der Waals surface area contributed by atoms with Crippen LogP contribution in [0.15, 0.2) is 45.7 Å². The number of nitrogens with one attached hydrogen (secondary N) is 1. The maximum absolute atomic E-state index is 14.0. The van der Waals surface area contributed by atoms with Crippen molar-refractivity contribution in [2.75, 3.05) is 5.32 Å². The van der Waals surface area contributed by atoms with Gasteiger partial charge in [-0.25, -0.2) is 4.79 Å². The Morgan fingerprint density at radius 1 is 1.12 bits per heavy atom. The molecule has 0 aliphatic rings. The van der Waals surface area contributed by atoms with Gasteiger partial charge >= 0.3 is 11.8 Å². The van der Waals surface area contributed by atoms with E-state index in [1.807, 2.05) is 0 Å². The normalized spacial score (nSPS) is 14.2. The minimum absolute atomic E-state index is 0.0655. The van der Waals surface area contributed by atoms with Crippen molar-refractivity contribution in [1.82, 2.24) is 5.16 Å². The van der Waals surface area contributed by atoms with Crippen molar-refractivity contribution < 1.29 is 27.6 Å². The van der Waals surface area contributed by atoms with Gasteiger partial charge in [0.2, 0.25) is 5.60 Å². The maximum Gasteiger partial charge on any atom is 0.426 e. The Bertz CT molecular complexity index is 1290. The van der Waals surface area contributed by atoms with Gasteiger partial charge in [0.1, 0.15) is 0 Å². The van der Waals surface area contributed by atoms with Crippen LogP contribution in [0.5, 0.6) is 0 Å². The number of hydrogen-bond donors (Lipinski definition) is 2. The van der Waals surface area contributed by atoms with Crippen molar-refractivity contribution in [3.63, 3.8) is 0 Å². The van der Waals surface area contributed by atoms with E-state index in [1.165, 1.54) is 57.2 Å². The molecule has 2 N–H and O–H groups in total. The first kappa shape index (κ1) is 25.0. The van der Waals surface area contributed by atoms with Gasteiger partial charge in [-0.1, -0.05) is 42.2 Å². The van der Waals surface area contributed by atoms with E-state index in [4.69, 9.17) is 23.2 Å². The fourth-order valence-corrected chi connectivity index (χ4v) is 4.15. The van der Waals surface area contributed by atoms with E-state index in [2.05, 4.69) is 15.0 Å². The number of benzene rings is 2. The van der Waals surface area contributed by atoms with Gasteiger partial charge in [-0.05, 0) is 54.3 Å². The van der Waals surface area contributed by atoms with Crippen molar-refractivity contribution in [3.8, 4) is 0 Å². The Morgan fingerprint density at radius 2 is 1.79 bits per heavy atom. The Morgan fingerprint density at radius 3 is 2.42 bits per heavy atom. The van der Waals surface area contributed by atoms with Crippen LogP contribution in [0, 0.1) is 6.92 Å². The first-order valence-electron chi connectivity index (χ1n) is 9.62. The summed E-state index contributed by atoms with van der Waals surface area (Å²) in [5.41, 5.74) is -5.42. The van der Waals surface area contributed by atoms with Gasteiger partial charge in [-0.15, -0.1) is 0 Å². The van der Waals surface area contributed by atoms with Crippen LogP contribution in [0.4, 0.5) is 18.9 Å². The van der Waals surface area contributed by atoms with Gasteiger partial charge in [0.15, 0.2) is 0 Å². The number of amides is 1. The van der Waals surface area contributed by atoms with Crippen LogP contribution in [0.25, 0.3) is 10.8 Å². The number of alkyl halides is 3. The Labute approximate surface area is 196 Å². The third-order valence-corrected chi connectivity index (χ3v) is 5.92. The van der Waals surface area contributed by atoms with Crippen molar-refractivity contribution in [3.05, 3.63) is 68.1 Å². The second-order valence-electron chi connectivity index (χ2n) is 8.31. The molecule has 176 valence electrons. The highest BCUT2D eigenvalue weighted by Crippen LogP contribution is 2.44. The van der Waals surface area contributed by atoms with Gasteiger partial charge in [-0.2, -0.15) is 13.2 Å². The van der Waals surface area contributed by atoms with E-state index in [0.717, 1.165) is 0 Å². The van der Waals surface area contributed by atoms with Gasteiger partial charge in [0, 0.05) is 27.5 Å². The molecular formula is C22H19Cl2F3N2O4. The summed E-state index contributed by atoms with van der Waals surface area (Å²) >= 11 is 12.1. The third kappa shape index (κ3) is 4.85. The summed E-state index contributed by atoms with van der Waals surface area (Å²) in [5.74, 6) is -1.69. The largest absolute Gasteiger partial charge is 0.426 e. The molecule has 2 aromatic carbocycles. The molecule has 6 nitrogen and oxygen atoms in total. The lowest BCUT2D eigenvalue weighted by Crippen LogP contribution is -2.57. The van der Waals surface area contributed by atoms with Gasteiger partial charge in [-0.3, -0.25) is 4.79 Å². The average Bonchev–Trinajstić information content (AvgIpc) is 2.71. The van der Waals surface area contributed by atoms with Crippen LogP contribution >= 0.6 is 23.2 Å². The van der Waals surface area contributed by atoms with E-state index in [0.29, 0.717) is 5.69 Å². The number of aromatic nitrogens is 1. The molecule has 0 spiro atoms. The molecule has 0 fully saturated rings. The van der Waals surface area contributed by atoms with Gasteiger partial charge in [0.25, 0.3) is 5.91 Å². The minimum Gasteiger partial charge on any atom is -0.373 e. The molecule has 0 radical (unpaired) electrons. The number of fused-ring (bicyclic) bond motifs is 1. The average molecular weight is 503 g/mol. The maximum atomic E-state index is 14.0. The van der Waals surface area contributed by atoms with Crippen molar-refractivity contribution in [2.24, 2.45) is 0 Å². The highest BCUT2D eigenvalue weighted by Gasteiger charge is 2.61. The van der Waals surface area contributed by atoms with Crippen LogP contribution in [0.3, 0.4) is 0 Å². The highest BCUT2D eigenvalue weighted by molar-refractivity contribution is 6.33. The quantitative estimate of drug-likeness (QED) is 0.487. The monoisotopic (exact) mass is 502 g/mol. The molecule has 0 aliphatic heterocycles. The Hall–Kier alpha value is -2.62. The van der Waals surface area contributed by atoms with E-state index < -0.39 is 35.1 Å². The predicted molar refractivity (Wildman–Crippen MR) is 119 cm³/mol. The lowest BCUT2D eigenvalue weighted by atomic mass is 9.74. The van der Waals surface area contributed by atoms with Crippen molar-refractivity contribution >= 4 is 45.6 Å². The molecule has 3 aromatic rings. The summed E-state index contributed by atoms with van der Waals surface area (Å²) in [7, 11) is 0. The second-order valence-corrected chi connectivity index (χ2v) is 9.16. The van der Waals surface area contributed by atoms with Crippen LogP contribution in [-0.2, 0) is 10.2 Å². The zero-order valence-corrected chi connectivity index (χ0v) is 19.2. The SMILES string of the molecule is Cc1noc(=O)c2ccc(NC(=O)C(O)(CC(C)(C)c3cc(Cl)ccc3Cl)C(F)(F)F)cc12. The number of hydrogen-bond acceptors (Lipinski definition) is 5. The highest BCUT2D eigenvalue weighted by atomic mass is 35.5. The molecule has 0 saturated heterocycles. The number of aryl methyl sites for hydroxylation is 1. The van der Waals surface area contributed by atoms with E-state index in [9.17, 15) is 27.9 Å². The summed E-state index contributed by atoms with van der Waals surface area (Å²) in [5, 5.41) is 17.1. The van der Waals surface area contributed by atoms with E-state index >= 15 is 0 Å². The standard InChI is InChI=1S/C22H19Cl2F3N2O4/c1-11-15-9-13(5-6-14(15)18(30)33-29-11)28-19(31)21(32,22(25,26)27)10-20(2,3)16-8-12(23)4-7-17(16)24/h4-9,32H,10H2,1-3H3,(H,28,31). The van der Waals surface area contributed by atoms with E-state index in [1.54, 1.807) is 0 Å². The predicted octanol–water partition coefficient (Wildman–Crippen LogP) is 5.40.